The summed E-state index contributed by atoms with van der Waals surface area (Å²) in [5.41, 5.74) is 1.08. The molecule has 1 N–H and O–H groups in total. The first-order valence-corrected chi connectivity index (χ1v) is 6.60. The molecule has 2 atom stereocenters. The van der Waals surface area contributed by atoms with Gasteiger partial charge in [0.1, 0.15) is 0 Å². The molecule has 1 aliphatic rings. The Morgan fingerprint density at radius 1 is 1.17 bits per heavy atom. The monoisotopic (exact) mass is 262 g/mol. The molecule has 3 rings (SSSR count). The molecular weight excluding hydrogens is 248 g/mol. The highest BCUT2D eigenvalue weighted by Crippen LogP contribution is 2.36. The Morgan fingerprint density at radius 3 is 2.72 bits per heavy atom. The lowest BCUT2D eigenvalue weighted by Gasteiger charge is -2.27. The standard InChI is InChI=1S/C15H15ClO2/c16-13-6-2-4-10-3-1-5-12(15(10)13)14-9-11(17)7-8-18-14/h1-6,11,14,17H,7-9H2. The van der Waals surface area contributed by atoms with Gasteiger partial charge in [0.2, 0.25) is 0 Å². The largest absolute Gasteiger partial charge is 0.393 e. The van der Waals surface area contributed by atoms with Crippen LogP contribution in [0.2, 0.25) is 5.02 Å². The molecule has 2 unspecified atom stereocenters. The third-order valence-corrected chi connectivity index (χ3v) is 3.80. The van der Waals surface area contributed by atoms with Gasteiger partial charge in [-0.25, -0.2) is 0 Å². The summed E-state index contributed by atoms with van der Waals surface area (Å²) in [5.74, 6) is 0. The molecule has 2 aromatic carbocycles. The lowest BCUT2D eigenvalue weighted by molar-refractivity contribution is -0.0441. The first-order valence-electron chi connectivity index (χ1n) is 6.22. The third-order valence-electron chi connectivity index (χ3n) is 3.49. The van der Waals surface area contributed by atoms with Crippen molar-refractivity contribution in [1.82, 2.24) is 0 Å². The molecule has 0 saturated carbocycles. The van der Waals surface area contributed by atoms with Crippen molar-refractivity contribution in [2.24, 2.45) is 0 Å². The van der Waals surface area contributed by atoms with E-state index in [2.05, 4.69) is 0 Å². The average molecular weight is 263 g/mol. The van der Waals surface area contributed by atoms with Crippen molar-refractivity contribution in [3.63, 3.8) is 0 Å². The molecule has 2 aromatic rings. The third kappa shape index (κ3) is 2.12. The normalized spacial score (nSPS) is 24.3. The predicted molar refractivity (Wildman–Crippen MR) is 72.9 cm³/mol. The summed E-state index contributed by atoms with van der Waals surface area (Å²) in [7, 11) is 0. The Balaban J connectivity index is 2.11. The molecule has 18 heavy (non-hydrogen) atoms. The van der Waals surface area contributed by atoms with E-state index in [4.69, 9.17) is 16.3 Å². The van der Waals surface area contributed by atoms with E-state index < -0.39 is 0 Å². The van der Waals surface area contributed by atoms with Crippen LogP contribution in [0.15, 0.2) is 36.4 Å². The quantitative estimate of drug-likeness (QED) is 0.849. The predicted octanol–water partition coefficient (Wildman–Crippen LogP) is 3.71. The van der Waals surface area contributed by atoms with Gasteiger partial charge in [-0.3, -0.25) is 0 Å². The first-order chi connectivity index (χ1) is 8.75. The van der Waals surface area contributed by atoms with Gasteiger partial charge in [-0.2, -0.15) is 0 Å². The lowest BCUT2D eigenvalue weighted by atomic mass is 9.94. The van der Waals surface area contributed by atoms with Crippen molar-refractivity contribution in [1.29, 1.82) is 0 Å². The van der Waals surface area contributed by atoms with Gasteiger partial charge >= 0.3 is 0 Å². The van der Waals surface area contributed by atoms with Crippen LogP contribution < -0.4 is 0 Å². The average Bonchev–Trinajstić information content (AvgIpc) is 2.38. The van der Waals surface area contributed by atoms with E-state index in [0.29, 0.717) is 13.0 Å². The highest BCUT2D eigenvalue weighted by Gasteiger charge is 2.24. The smallest absolute Gasteiger partial charge is 0.0856 e. The summed E-state index contributed by atoms with van der Waals surface area (Å²) < 4.78 is 5.78. The number of ether oxygens (including phenoxy) is 1. The maximum Gasteiger partial charge on any atom is 0.0856 e. The van der Waals surface area contributed by atoms with Gasteiger partial charge in [0.25, 0.3) is 0 Å². The molecule has 0 radical (unpaired) electrons. The van der Waals surface area contributed by atoms with Crippen molar-refractivity contribution >= 4 is 22.4 Å². The van der Waals surface area contributed by atoms with Crippen molar-refractivity contribution in [3.8, 4) is 0 Å². The second-order valence-electron chi connectivity index (χ2n) is 4.72. The number of rotatable bonds is 1. The summed E-state index contributed by atoms with van der Waals surface area (Å²) >= 11 is 6.30. The number of hydrogen-bond acceptors (Lipinski definition) is 2. The fourth-order valence-corrected chi connectivity index (χ4v) is 2.88. The van der Waals surface area contributed by atoms with Crippen LogP contribution in [0, 0.1) is 0 Å². The zero-order chi connectivity index (χ0) is 12.5. The molecule has 0 bridgehead atoms. The van der Waals surface area contributed by atoms with Crippen LogP contribution >= 0.6 is 11.6 Å². The minimum absolute atomic E-state index is 0.0580. The second-order valence-corrected chi connectivity index (χ2v) is 5.13. The second kappa shape index (κ2) is 4.88. The van der Waals surface area contributed by atoms with Gasteiger partial charge in [0, 0.05) is 23.4 Å². The van der Waals surface area contributed by atoms with E-state index in [-0.39, 0.29) is 12.2 Å². The van der Waals surface area contributed by atoms with Crippen LogP contribution in [-0.4, -0.2) is 17.8 Å². The molecule has 2 nitrogen and oxygen atoms in total. The molecular formula is C15H15ClO2. The molecule has 1 fully saturated rings. The summed E-state index contributed by atoms with van der Waals surface area (Å²) in [6.07, 6.45) is 1.03. The maximum atomic E-state index is 9.77. The zero-order valence-electron chi connectivity index (χ0n) is 9.97. The van der Waals surface area contributed by atoms with Crippen LogP contribution in [0.25, 0.3) is 10.8 Å². The fourth-order valence-electron chi connectivity index (χ4n) is 2.59. The fraction of sp³-hybridized carbons (Fsp3) is 0.333. The van der Waals surface area contributed by atoms with Gasteiger partial charge in [0.05, 0.1) is 12.2 Å². The van der Waals surface area contributed by atoms with E-state index in [1.54, 1.807) is 0 Å². The number of fused-ring (bicyclic) bond motifs is 1. The van der Waals surface area contributed by atoms with Gasteiger partial charge in [-0.15, -0.1) is 0 Å². The summed E-state index contributed by atoms with van der Waals surface area (Å²) in [5, 5.41) is 12.7. The number of benzene rings is 2. The zero-order valence-corrected chi connectivity index (χ0v) is 10.7. The topological polar surface area (TPSA) is 29.5 Å². The Hall–Kier alpha value is -1.09. The highest BCUT2D eigenvalue weighted by atomic mass is 35.5. The minimum Gasteiger partial charge on any atom is -0.393 e. The van der Waals surface area contributed by atoms with E-state index in [9.17, 15) is 5.11 Å². The Morgan fingerprint density at radius 2 is 1.94 bits per heavy atom. The van der Waals surface area contributed by atoms with E-state index >= 15 is 0 Å². The molecule has 1 aliphatic heterocycles. The van der Waals surface area contributed by atoms with Gasteiger partial charge in [-0.05, 0) is 23.4 Å². The Kier molecular flexibility index (Phi) is 3.25. The summed E-state index contributed by atoms with van der Waals surface area (Å²) in [6.45, 7) is 0.604. The highest BCUT2D eigenvalue weighted by molar-refractivity contribution is 6.35. The molecule has 0 aliphatic carbocycles. The van der Waals surface area contributed by atoms with Crippen molar-refractivity contribution in [2.75, 3.05) is 6.61 Å². The van der Waals surface area contributed by atoms with Crippen LogP contribution in [0.4, 0.5) is 0 Å². The van der Waals surface area contributed by atoms with E-state index in [1.165, 1.54) is 0 Å². The molecule has 94 valence electrons. The maximum absolute atomic E-state index is 9.77. The van der Waals surface area contributed by atoms with Crippen LogP contribution in [0.3, 0.4) is 0 Å². The van der Waals surface area contributed by atoms with E-state index in [1.807, 2.05) is 36.4 Å². The molecule has 1 saturated heterocycles. The summed E-state index contributed by atoms with van der Waals surface area (Å²) in [4.78, 5) is 0. The Labute approximate surface area is 111 Å². The SMILES string of the molecule is OC1CCOC(c2cccc3cccc(Cl)c23)C1. The van der Waals surface area contributed by atoms with Gasteiger partial charge < -0.3 is 9.84 Å². The molecule has 0 spiro atoms. The summed E-state index contributed by atoms with van der Waals surface area (Å²) in [6, 6.07) is 12.0. The molecule has 0 aromatic heterocycles. The molecule has 1 heterocycles. The number of hydrogen-bond donors (Lipinski definition) is 1. The van der Waals surface area contributed by atoms with Crippen molar-refractivity contribution in [2.45, 2.75) is 25.0 Å². The van der Waals surface area contributed by atoms with Crippen molar-refractivity contribution < 1.29 is 9.84 Å². The number of aliphatic hydroxyl groups is 1. The first kappa shape index (κ1) is 12.0. The van der Waals surface area contributed by atoms with Crippen LogP contribution in [0.1, 0.15) is 24.5 Å². The minimum atomic E-state index is -0.276. The van der Waals surface area contributed by atoms with Crippen molar-refractivity contribution in [3.05, 3.63) is 47.0 Å². The molecule has 3 heteroatoms. The number of aliphatic hydroxyl groups excluding tert-OH is 1. The van der Waals surface area contributed by atoms with Gasteiger partial charge in [0.15, 0.2) is 0 Å². The Bertz CT molecular complexity index is 562. The van der Waals surface area contributed by atoms with Crippen LogP contribution in [-0.2, 0) is 4.74 Å². The van der Waals surface area contributed by atoms with Gasteiger partial charge in [-0.1, -0.05) is 41.9 Å². The lowest BCUT2D eigenvalue weighted by Crippen LogP contribution is -2.23. The van der Waals surface area contributed by atoms with E-state index in [0.717, 1.165) is 27.8 Å². The molecule has 0 amide bonds. The van der Waals surface area contributed by atoms with Crippen LogP contribution in [0.5, 0.6) is 0 Å². The number of halogens is 1.